The van der Waals surface area contributed by atoms with Gasteiger partial charge in [-0.05, 0) is 80.0 Å². The second kappa shape index (κ2) is 10.8. The van der Waals surface area contributed by atoms with Gasteiger partial charge in [0.1, 0.15) is 12.2 Å². The number of hydrogen-bond acceptors (Lipinski definition) is 8. The summed E-state index contributed by atoms with van der Waals surface area (Å²) in [7, 11) is 0. The average molecular weight is 626 g/mol. The van der Waals surface area contributed by atoms with E-state index in [9.17, 15) is 5.11 Å². The van der Waals surface area contributed by atoms with Crippen molar-refractivity contribution in [2.45, 2.75) is 68.5 Å². The van der Waals surface area contributed by atoms with E-state index in [1.165, 1.54) is 11.8 Å². The van der Waals surface area contributed by atoms with Crippen LogP contribution in [0.5, 0.6) is 5.88 Å². The van der Waals surface area contributed by atoms with Crippen molar-refractivity contribution in [3.8, 4) is 28.3 Å². The molecule has 1 saturated heterocycles. The second-order valence-corrected chi connectivity index (χ2v) is 13.1. The van der Waals surface area contributed by atoms with Crippen molar-refractivity contribution in [2.24, 2.45) is 0 Å². The average Bonchev–Trinajstić information content (AvgIpc) is 3.76. The summed E-state index contributed by atoms with van der Waals surface area (Å²) >= 11 is 8.54. The van der Waals surface area contributed by atoms with Gasteiger partial charge in [-0.1, -0.05) is 53.7 Å². The lowest BCUT2D eigenvalue weighted by atomic mass is 9.88. The van der Waals surface area contributed by atoms with Crippen LogP contribution in [0, 0.1) is 0 Å². The number of aliphatic hydroxyl groups is 1. The zero-order valence-corrected chi connectivity index (χ0v) is 26.2. The Labute approximate surface area is 264 Å². The third-order valence-corrected chi connectivity index (χ3v) is 9.83. The molecule has 2 aliphatic carbocycles. The number of rotatable bonds is 7. The summed E-state index contributed by atoms with van der Waals surface area (Å²) in [6.45, 7) is 2.85. The first kappa shape index (κ1) is 28.0. The summed E-state index contributed by atoms with van der Waals surface area (Å²) in [5.74, 6) is 0.774. The predicted molar refractivity (Wildman–Crippen MR) is 171 cm³/mol. The van der Waals surface area contributed by atoms with Crippen molar-refractivity contribution in [2.75, 3.05) is 12.9 Å². The summed E-state index contributed by atoms with van der Waals surface area (Å²) in [4.78, 5) is 14.6. The van der Waals surface area contributed by atoms with Gasteiger partial charge < -0.3 is 14.6 Å². The number of benzene rings is 2. The molecule has 4 heterocycles. The van der Waals surface area contributed by atoms with E-state index in [0.717, 1.165) is 71.9 Å². The van der Waals surface area contributed by atoms with Gasteiger partial charge in [0.15, 0.2) is 11.4 Å². The van der Waals surface area contributed by atoms with Crippen LogP contribution in [0.25, 0.3) is 33.3 Å². The summed E-state index contributed by atoms with van der Waals surface area (Å²) in [6.07, 6.45) is 10.7. The molecule has 0 spiro atoms. The predicted octanol–water partition coefficient (Wildman–Crippen LogP) is 7.66. The molecule has 44 heavy (non-hydrogen) atoms. The van der Waals surface area contributed by atoms with Crippen LogP contribution in [0.4, 0.5) is 0 Å². The van der Waals surface area contributed by atoms with Crippen LogP contribution in [0.15, 0.2) is 60.0 Å². The van der Waals surface area contributed by atoms with Crippen LogP contribution < -0.4 is 4.74 Å². The molecule has 2 atom stereocenters. The van der Waals surface area contributed by atoms with E-state index >= 15 is 0 Å². The molecule has 5 aromatic rings. The molecule has 1 aliphatic heterocycles. The lowest BCUT2D eigenvalue weighted by molar-refractivity contribution is -0.0366. The van der Waals surface area contributed by atoms with Crippen molar-refractivity contribution in [3.63, 3.8) is 0 Å². The Balaban J connectivity index is 1.33. The first-order valence-electron chi connectivity index (χ1n) is 15.1. The van der Waals surface area contributed by atoms with E-state index in [1.807, 2.05) is 59.6 Å². The second-order valence-electron chi connectivity index (χ2n) is 11.9. The maximum absolute atomic E-state index is 12.4. The van der Waals surface area contributed by atoms with Gasteiger partial charge in [0, 0.05) is 34.3 Å². The third-order valence-electron chi connectivity index (χ3n) is 8.97. The molecule has 3 aromatic heterocycles. The highest BCUT2D eigenvalue weighted by atomic mass is 35.5. The highest BCUT2D eigenvalue weighted by Gasteiger charge is 2.46. The van der Waals surface area contributed by atoms with Crippen LogP contribution >= 0.6 is 23.4 Å². The summed E-state index contributed by atoms with van der Waals surface area (Å²) < 4.78 is 14.4. The van der Waals surface area contributed by atoms with Crippen molar-refractivity contribution in [1.82, 2.24) is 24.7 Å². The molecule has 0 radical (unpaired) electrons. The van der Waals surface area contributed by atoms with Gasteiger partial charge in [-0.3, -0.25) is 4.98 Å². The van der Waals surface area contributed by atoms with Crippen molar-refractivity contribution >= 4 is 34.3 Å². The van der Waals surface area contributed by atoms with Gasteiger partial charge in [0.2, 0.25) is 5.88 Å². The molecule has 8 nitrogen and oxygen atoms in total. The zero-order chi connectivity index (χ0) is 30.0. The Hall–Kier alpha value is -3.50. The topological polar surface area (TPSA) is 95.2 Å². The quantitative estimate of drug-likeness (QED) is 0.146. The molecule has 0 amide bonds. The van der Waals surface area contributed by atoms with Crippen molar-refractivity contribution in [1.29, 1.82) is 0 Å². The SMILES string of the molecule is CSc1nc(OCc2ccccc2)c2c(n1)C(C)(O)c1c-2ccnc1-c1c(C2CC2)c(Cl)cc2c1cnn2C1CCCCO1. The van der Waals surface area contributed by atoms with Gasteiger partial charge in [-0.25, -0.2) is 9.67 Å². The van der Waals surface area contributed by atoms with E-state index < -0.39 is 5.60 Å². The molecule has 2 aromatic carbocycles. The zero-order valence-electron chi connectivity index (χ0n) is 24.6. The molecule has 3 aliphatic rings. The number of pyridine rings is 1. The lowest BCUT2D eigenvalue weighted by Gasteiger charge is -2.25. The standard InChI is InChI=1S/C34H32ClN5O3S/c1-34(41)29-21(28-31(34)38-33(44-2)39-32(28)43-18-19-8-4-3-5-9-19)13-14-36-30(29)27-22-17-37-40(25-10-6-7-15-42-25)24(22)16-23(35)26(27)20-11-12-20/h3-5,8-9,13-14,16-17,20,25,41H,6-7,10-12,15,18H2,1-2H3. The van der Waals surface area contributed by atoms with Gasteiger partial charge in [0.05, 0.1) is 28.7 Å². The fourth-order valence-electron chi connectivity index (χ4n) is 6.75. The minimum Gasteiger partial charge on any atom is -0.472 e. The highest BCUT2D eigenvalue weighted by molar-refractivity contribution is 7.98. The van der Waals surface area contributed by atoms with E-state index in [1.54, 1.807) is 13.1 Å². The summed E-state index contributed by atoms with van der Waals surface area (Å²) in [6, 6.07) is 13.9. The Morgan fingerprint density at radius 3 is 2.70 bits per heavy atom. The van der Waals surface area contributed by atoms with Crippen LogP contribution in [-0.4, -0.2) is 42.7 Å². The molecule has 1 saturated carbocycles. The maximum Gasteiger partial charge on any atom is 0.226 e. The largest absolute Gasteiger partial charge is 0.472 e. The number of nitrogens with zero attached hydrogens (tertiary/aromatic N) is 5. The molecule has 10 heteroatoms. The van der Waals surface area contributed by atoms with Crippen LogP contribution in [-0.2, 0) is 16.9 Å². The monoisotopic (exact) mass is 625 g/mol. The minimum atomic E-state index is -1.45. The van der Waals surface area contributed by atoms with Gasteiger partial charge in [-0.2, -0.15) is 10.1 Å². The smallest absolute Gasteiger partial charge is 0.226 e. The van der Waals surface area contributed by atoms with Gasteiger partial charge >= 0.3 is 0 Å². The number of hydrogen-bond donors (Lipinski definition) is 1. The van der Waals surface area contributed by atoms with Crippen molar-refractivity contribution in [3.05, 3.63) is 82.3 Å². The number of aromatic nitrogens is 5. The van der Waals surface area contributed by atoms with E-state index in [-0.39, 0.29) is 6.23 Å². The molecule has 8 rings (SSSR count). The minimum absolute atomic E-state index is 0.136. The first-order chi connectivity index (χ1) is 21.5. The van der Waals surface area contributed by atoms with Gasteiger partial charge in [-0.15, -0.1) is 0 Å². The Morgan fingerprint density at radius 2 is 1.95 bits per heavy atom. The van der Waals surface area contributed by atoms with Crippen LogP contribution in [0.2, 0.25) is 5.02 Å². The number of halogens is 1. The fourth-order valence-corrected chi connectivity index (χ4v) is 7.46. The number of thioether (sulfide) groups is 1. The molecule has 2 fully saturated rings. The molecule has 224 valence electrons. The Kier molecular flexibility index (Phi) is 6.90. The van der Waals surface area contributed by atoms with Crippen molar-refractivity contribution < 1.29 is 14.6 Å². The highest BCUT2D eigenvalue weighted by Crippen LogP contribution is 2.56. The molecule has 1 N–H and O–H groups in total. The third kappa shape index (κ3) is 4.52. The Bertz CT molecular complexity index is 1900. The molecular formula is C34H32ClN5O3S. The number of ether oxygens (including phenoxy) is 2. The number of fused-ring (bicyclic) bond motifs is 4. The molecule has 0 bridgehead atoms. The van der Waals surface area contributed by atoms with Crippen LogP contribution in [0.1, 0.15) is 73.6 Å². The van der Waals surface area contributed by atoms with E-state index in [0.29, 0.717) is 51.1 Å². The van der Waals surface area contributed by atoms with Gasteiger partial charge in [0.25, 0.3) is 0 Å². The molecule has 2 unspecified atom stereocenters. The summed E-state index contributed by atoms with van der Waals surface area (Å²) in [5, 5.41) is 19.4. The summed E-state index contributed by atoms with van der Waals surface area (Å²) in [5.41, 5.74) is 5.85. The van der Waals surface area contributed by atoms with E-state index in [4.69, 9.17) is 41.1 Å². The normalized spacial score (nSPS) is 21.0. The molecular weight excluding hydrogens is 594 g/mol. The lowest BCUT2D eigenvalue weighted by Crippen LogP contribution is -2.23. The fraction of sp³-hybridized carbons (Fsp3) is 0.353. The van der Waals surface area contributed by atoms with E-state index in [2.05, 4.69) is 0 Å². The maximum atomic E-state index is 12.4. The van der Waals surface area contributed by atoms with Crippen LogP contribution in [0.3, 0.4) is 0 Å². The first-order valence-corrected chi connectivity index (χ1v) is 16.7. The Morgan fingerprint density at radius 1 is 1.11 bits per heavy atom.